The van der Waals surface area contributed by atoms with Crippen molar-refractivity contribution in [1.82, 2.24) is 0 Å². The van der Waals surface area contributed by atoms with Crippen LogP contribution in [0.2, 0.25) is 0 Å². The van der Waals surface area contributed by atoms with E-state index in [0.29, 0.717) is 0 Å². The molecule has 0 aliphatic heterocycles. The molecule has 0 aromatic heterocycles. The second kappa shape index (κ2) is 4.16. The molecule has 0 saturated heterocycles. The Hall–Kier alpha value is -1.19. The molecule has 1 unspecified atom stereocenters. The van der Waals surface area contributed by atoms with Gasteiger partial charge in [0.25, 0.3) is 0 Å². The van der Waals surface area contributed by atoms with Crippen molar-refractivity contribution in [2.75, 3.05) is 7.11 Å². The fraction of sp³-hybridized carbons (Fsp3) is 0.667. The maximum Gasteiger partial charge on any atom is 0.319 e. The van der Waals surface area contributed by atoms with Gasteiger partial charge in [0.2, 0.25) is 0 Å². The van der Waals surface area contributed by atoms with Gasteiger partial charge in [-0.05, 0) is 20.8 Å². The molecular formula is C9H14O4. The molecule has 0 heterocycles. The van der Waals surface area contributed by atoms with Gasteiger partial charge in [-0.3, -0.25) is 14.4 Å². The van der Waals surface area contributed by atoms with E-state index in [1.807, 2.05) is 0 Å². The highest BCUT2D eigenvalue weighted by atomic mass is 16.5. The lowest BCUT2D eigenvalue weighted by molar-refractivity contribution is -0.158. The van der Waals surface area contributed by atoms with Gasteiger partial charge in [0.15, 0.2) is 0 Å². The van der Waals surface area contributed by atoms with Gasteiger partial charge in [0, 0.05) is 6.42 Å². The highest BCUT2D eigenvalue weighted by Gasteiger charge is 2.40. The fourth-order valence-corrected chi connectivity index (χ4v) is 1.06. The summed E-state index contributed by atoms with van der Waals surface area (Å²) < 4.78 is 4.47. The zero-order chi connectivity index (χ0) is 10.6. The summed E-state index contributed by atoms with van der Waals surface area (Å²) in [6, 6.07) is 0. The molecule has 0 rings (SSSR count). The number of methoxy groups -OCH3 is 1. The second-order valence-corrected chi connectivity index (χ2v) is 3.26. The van der Waals surface area contributed by atoms with E-state index < -0.39 is 11.4 Å². The fourth-order valence-electron chi connectivity index (χ4n) is 1.06. The maximum atomic E-state index is 11.2. The van der Waals surface area contributed by atoms with Gasteiger partial charge < -0.3 is 4.74 Å². The predicted molar refractivity (Wildman–Crippen MR) is 46.1 cm³/mol. The van der Waals surface area contributed by atoms with Crippen LogP contribution in [-0.2, 0) is 19.1 Å². The minimum absolute atomic E-state index is 0.102. The standard InChI is InChI=1S/C9H14O4/c1-6(10)5-9(3,7(2)11)8(12)13-4/h5H2,1-4H3. The molecule has 0 bridgehead atoms. The van der Waals surface area contributed by atoms with Crippen molar-refractivity contribution >= 4 is 17.5 Å². The van der Waals surface area contributed by atoms with Crippen LogP contribution >= 0.6 is 0 Å². The molecule has 0 radical (unpaired) electrons. The molecule has 1 atom stereocenters. The van der Waals surface area contributed by atoms with Gasteiger partial charge in [-0.15, -0.1) is 0 Å². The van der Waals surface area contributed by atoms with Gasteiger partial charge in [-0.2, -0.15) is 0 Å². The van der Waals surface area contributed by atoms with E-state index in [1.54, 1.807) is 0 Å². The van der Waals surface area contributed by atoms with E-state index >= 15 is 0 Å². The number of esters is 1. The quantitative estimate of drug-likeness (QED) is 0.479. The van der Waals surface area contributed by atoms with Gasteiger partial charge in [0.05, 0.1) is 7.11 Å². The van der Waals surface area contributed by atoms with Crippen LogP contribution in [0, 0.1) is 5.41 Å². The summed E-state index contributed by atoms with van der Waals surface area (Å²) in [6.45, 7) is 4.03. The summed E-state index contributed by atoms with van der Waals surface area (Å²) in [4.78, 5) is 33.2. The lowest BCUT2D eigenvalue weighted by Gasteiger charge is -2.21. The summed E-state index contributed by atoms with van der Waals surface area (Å²) in [6.07, 6.45) is -0.102. The van der Waals surface area contributed by atoms with Crippen molar-refractivity contribution in [1.29, 1.82) is 0 Å². The van der Waals surface area contributed by atoms with Gasteiger partial charge in [-0.1, -0.05) is 0 Å². The molecule has 0 amide bonds. The van der Waals surface area contributed by atoms with Crippen LogP contribution in [-0.4, -0.2) is 24.6 Å². The first-order chi connectivity index (χ1) is 5.84. The van der Waals surface area contributed by atoms with E-state index in [2.05, 4.69) is 4.74 Å². The first kappa shape index (κ1) is 11.8. The van der Waals surface area contributed by atoms with Crippen LogP contribution in [0.25, 0.3) is 0 Å². The molecule has 0 fully saturated rings. The van der Waals surface area contributed by atoms with Crippen molar-refractivity contribution in [3.8, 4) is 0 Å². The highest BCUT2D eigenvalue weighted by molar-refractivity contribution is 6.05. The molecule has 0 aliphatic carbocycles. The summed E-state index contributed by atoms with van der Waals surface area (Å²) in [5.74, 6) is -1.21. The summed E-state index contributed by atoms with van der Waals surface area (Å²) in [5, 5.41) is 0. The normalized spacial score (nSPS) is 14.5. The Morgan fingerprint density at radius 2 is 1.69 bits per heavy atom. The molecule has 0 spiro atoms. The number of rotatable bonds is 4. The molecule has 4 nitrogen and oxygen atoms in total. The SMILES string of the molecule is COC(=O)C(C)(CC(C)=O)C(C)=O. The minimum atomic E-state index is -1.32. The smallest absolute Gasteiger partial charge is 0.319 e. The largest absolute Gasteiger partial charge is 0.468 e. The lowest BCUT2D eigenvalue weighted by atomic mass is 9.81. The van der Waals surface area contributed by atoms with Crippen molar-refractivity contribution in [2.24, 2.45) is 5.41 Å². The van der Waals surface area contributed by atoms with E-state index in [0.717, 1.165) is 0 Å². The van der Waals surface area contributed by atoms with Gasteiger partial charge in [0.1, 0.15) is 17.0 Å². The Bertz CT molecular complexity index is 244. The third-order valence-corrected chi connectivity index (χ3v) is 2.02. The van der Waals surface area contributed by atoms with E-state index in [4.69, 9.17) is 0 Å². The van der Waals surface area contributed by atoms with E-state index in [1.165, 1.54) is 27.9 Å². The van der Waals surface area contributed by atoms with Crippen molar-refractivity contribution < 1.29 is 19.1 Å². The molecule has 0 aliphatic rings. The van der Waals surface area contributed by atoms with Crippen LogP contribution in [0.3, 0.4) is 0 Å². The number of hydrogen-bond acceptors (Lipinski definition) is 4. The van der Waals surface area contributed by atoms with Crippen molar-refractivity contribution in [3.63, 3.8) is 0 Å². The molecule has 13 heavy (non-hydrogen) atoms. The number of carbonyl (C=O) groups excluding carboxylic acids is 3. The summed E-state index contributed by atoms with van der Waals surface area (Å²) >= 11 is 0. The first-order valence-corrected chi connectivity index (χ1v) is 3.93. The Morgan fingerprint density at radius 3 is 1.92 bits per heavy atom. The summed E-state index contributed by atoms with van der Waals surface area (Å²) in [5.41, 5.74) is -1.32. The molecule has 0 aromatic rings. The van der Waals surface area contributed by atoms with Crippen LogP contribution in [0.1, 0.15) is 27.2 Å². The van der Waals surface area contributed by atoms with Crippen LogP contribution in [0.15, 0.2) is 0 Å². The first-order valence-electron chi connectivity index (χ1n) is 3.93. The van der Waals surface area contributed by atoms with Crippen LogP contribution in [0.5, 0.6) is 0 Å². The topological polar surface area (TPSA) is 60.4 Å². The maximum absolute atomic E-state index is 11.2. The van der Waals surface area contributed by atoms with Crippen LogP contribution in [0.4, 0.5) is 0 Å². The molecule has 0 aromatic carbocycles. The molecular weight excluding hydrogens is 172 g/mol. The highest BCUT2D eigenvalue weighted by Crippen LogP contribution is 2.24. The van der Waals surface area contributed by atoms with Crippen molar-refractivity contribution in [3.05, 3.63) is 0 Å². The number of Topliss-reactive ketones (excluding diaryl/α,β-unsaturated/α-hetero) is 2. The lowest BCUT2D eigenvalue weighted by Crippen LogP contribution is -2.37. The molecule has 74 valence electrons. The van der Waals surface area contributed by atoms with E-state index in [9.17, 15) is 14.4 Å². The Labute approximate surface area is 77.3 Å². The number of ketones is 2. The molecule has 0 saturated carbocycles. The average Bonchev–Trinajstić information content (AvgIpc) is 2.01. The molecule has 0 N–H and O–H groups in total. The number of carbonyl (C=O) groups is 3. The van der Waals surface area contributed by atoms with E-state index in [-0.39, 0.29) is 18.0 Å². The Morgan fingerprint density at radius 1 is 1.23 bits per heavy atom. The van der Waals surface area contributed by atoms with Gasteiger partial charge in [-0.25, -0.2) is 0 Å². The number of ether oxygens (including phenoxy) is 1. The Balaban J connectivity index is 4.83. The van der Waals surface area contributed by atoms with Crippen molar-refractivity contribution in [2.45, 2.75) is 27.2 Å². The number of hydrogen-bond donors (Lipinski definition) is 0. The monoisotopic (exact) mass is 186 g/mol. The Kier molecular flexibility index (Phi) is 3.78. The molecule has 4 heteroatoms. The third kappa shape index (κ3) is 2.65. The minimum Gasteiger partial charge on any atom is -0.468 e. The van der Waals surface area contributed by atoms with Gasteiger partial charge >= 0.3 is 5.97 Å². The summed E-state index contributed by atoms with van der Waals surface area (Å²) in [7, 11) is 1.20. The van der Waals surface area contributed by atoms with Crippen LogP contribution < -0.4 is 0 Å². The second-order valence-electron chi connectivity index (χ2n) is 3.26. The average molecular weight is 186 g/mol. The zero-order valence-electron chi connectivity index (χ0n) is 8.34. The third-order valence-electron chi connectivity index (χ3n) is 2.02. The zero-order valence-corrected chi connectivity index (χ0v) is 8.34. The predicted octanol–water partition coefficient (Wildman–Crippen LogP) is 0.734.